The van der Waals surface area contributed by atoms with E-state index in [-0.39, 0.29) is 24.9 Å². The van der Waals surface area contributed by atoms with E-state index in [1.807, 2.05) is 50.2 Å². The molecule has 0 saturated carbocycles. The molecule has 0 aliphatic heterocycles. The summed E-state index contributed by atoms with van der Waals surface area (Å²) in [5.41, 5.74) is 2.51. The molecule has 2 atom stereocenters. The molecule has 7 nitrogen and oxygen atoms in total. The van der Waals surface area contributed by atoms with Gasteiger partial charge >= 0.3 is 0 Å². The Kier molecular flexibility index (Phi) is 11.0. The lowest BCUT2D eigenvalue weighted by Gasteiger charge is -2.34. The fourth-order valence-electron chi connectivity index (χ4n) is 4.27. The fourth-order valence-corrected chi connectivity index (χ4v) is 5.55. The number of halogens is 2. The van der Waals surface area contributed by atoms with E-state index < -0.39 is 28.5 Å². The van der Waals surface area contributed by atoms with Crippen molar-refractivity contribution in [3.8, 4) is 0 Å². The van der Waals surface area contributed by atoms with Gasteiger partial charge in [-0.15, -0.1) is 0 Å². The van der Waals surface area contributed by atoms with Crippen LogP contribution >= 0.6 is 23.2 Å². The van der Waals surface area contributed by atoms with Crippen molar-refractivity contribution in [1.29, 1.82) is 0 Å². The molecule has 3 rings (SSSR count). The van der Waals surface area contributed by atoms with Gasteiger partial charge < -0.3 is 10.2 Å². The summed E-state index contributed by atoms with van der Waals surface area (Å²) >= 11 is 12.4. The summed E-state index contributed by atoms with van der Waals surface area (Å²) in [5, 5.41) is 3.83. The van der Waals surface area contributed by atoms with Crippen LogP contribution < -0.4 is 9.62 Å². The zero-order valence-electron chi connectivity index (χ0n) is 23.1. The van der Waals surface area contributed by atoms with Crippen molar-refractivity contribution < 1.29 is 18.0 Å². The van der Waals surface area contributed by atoms with Crippen LogP contribution in [0.1, 0.15) is 37.0 Å². The van der Waals surface area contributed by atoms with Crippen molar-refractivity contribution in [2.75, 3.05) is 17.1 Å². The third-order valence-electron chi connectivity index (χ3n) is 6.63. The van der Waals surface area contributed by atoms with Crippen molar-refractivity contribution in [3.05, 3.63) is 99.5 Å². The van der Waals surface area contributed by atoms with Gasteiger partial charge in [0.2, 0.25) is 21.8 Å². The lowest BCUT2D eigenvalue weighted by Crippen LogP contribution is -2.54. The Morgan fingerprint density at radius 2 is 1.57 bits per heavy atom. The molecule has 0 saturated heterocycles. The average Bonchev–Trinajstić information content (AvgIpc) is 2.90. The van der Waals surface area contributed by atoms with E-state index in [1.54, 1.807) is 37.3 Å². The summed E-state index contributed by atoms with van der Waals surface area (Å²) < 4.78 is 26.9. The van der Waals surface area contributed by atoms with Crippen molar-refractivity contribution in [2.45, 2.75) is 52.2 Å². The monoisotopic (exact) mass is 603 g/mol. The molecule has 0 aliphatic carbocycles. The van der Waals surface area contributed by atoms with Gasteiger partial charge in [0.25, 0.3) is 0 Å². The van der Waals surface area contributed by atoms with Crippen LogP contribution in [0.2, 0.25) is 10.0 Å². The van der Waals surface area contributed by atoms with E-state index in [0.717, 1.165) is 16.1 Å². The molecule has 3 aromatic rings. The van der Waals surface area contributed by atoms with Crippen LogP contribution in [0.3, 0.4) is 0 Å². The number of sulfonamides is 1. The molecule has 0 spiro atoms. The van der Waals surface area contributed by atoms with Gasteiger partial charge in [0.15, 0.2) is 0 Å². The molecule has 1 N–H and O–H groups in total. The first-order valence-electron chi connectivity index (χ1n) is 13.0. The standard InChI is InChI=1S/C30H35Cl2N3O4S/c1-5-22(3)33-30(37)28(17-23-10-7-6-8-11-23)34(19-24-12-9-13-25(31)16-24)29(36)20-35(40(4,38)39)27-18-26(32)15-14-21(27)2/h6-16,18,22,28H,5,17,19-20H2,1-4H3,(H,33,37)/t22-,28-/m1/s1. The molecule has 0 radical (unpaired) electrons. The fraction of sp³-hybridized carbons (Fsp3) is 0.333. The van der Waals surface area contributed by atoms with Gasteiger partial charge in [-0.3, -0.25) is 13.9 Å². The average molecular weight is 605 g/mol. The van der Waals surface area contributed by atoms with Gasteiger partial charge in [-0.2, -0.15) is 0 Å². The number of aryl methyl sites for hydroxylation is 1. The number of benzene rings is 3. The number of rotatable bonds is 12. The number of anilines is 1. The van der Waals surface area contributed by atoms with Crippen LogP contribution in [0, 0.1) is 6.92 Å². The zero-order chi connectivity index (χ0) is 29.4. The summed E-state index contributed by atoms with van der Waals surface area (Å²) in [6, 6.07) is 20.3. The molecule has 214 valence electrons. The van der Waals surface area contributed by atoms with Gasteiger partial charge in [-0.05, 0) is 61.2 Å². The smallest absolute Gasteiger partial charge is 0.244 e. The van der Waals surface area contributed by atoms with Gasteiger partial charge in [-0.1, -0.05) is 78.7 Å². The highest BCUT2D eigenvalue weighted by molar-refractivity contribution is 7.92. The number of carbonyl (C=O) groups excluding carboxylic acids is 2. The van der Waals surface area contributed by atoms with E-state index in [4.69, 9.17) is 23.2 Å². The van der Waals surface area contributed by atoms with E-state index in [0.29, 0.717) is 33.3 Å². The first kappa shape index (κ1) is 31.5. The Bertz CT molecular complexity index is 1430. The third-order valence-corrected chi connectivity index (χ3v) is 8.23. The first-order chi connectivity index (χ1) is 18.9. The largest absolute Gasteiger partial charge is 0.352 e. The second-order valence-corrected chi connectivity index (χ2v) is 12.7. The van der Waals surface area contributed by atoms with Crippen LogP contribution in [0.25, 0.3) is 0 Å². The van der Waals surface area contributed by atoms with Crippen LogP contribution in [0.4, 0.5) is 5.69 Å². The molecule has 40 heavy (non-hydrogen) atoms. The predicted octanol–water partition coefficient (Wildman–Crippen LogP) is 5.62. The van der Waals surface area contributed by atoms with Crippen molar-refractivity contribution in [1.82, 2.24) is 10.2 Å². The zero-order valence-corrected chi connectivity index (χ0v) is 25.4. The third kappa shape index (κ3) is 8.71. The van der Waals surface area contributed by atoms with Crippen molar-refractivity contribution >= 4 is 50.7 Å². The van der Waals surface area contributed by atoms with Crippen LogP contribution in [0.15, 0.2) is 72.8 Å². The summed E-state index contributed by atoms with van der Waals surface area (Å²) in [7, 11) is -3.89. The highest BCUT2D eigenvalue weighted by atomic mass is 35.5. The minimum Gasteiger partial charge on any atom is -0.352 e. The molecule has 2 amide bonds. The van der Waals surface area contributed by atoms with E-state index in [2.05, 4.69) is 5.32 Å². The molecule has 0 aromatic heterocycles. The SMILES string of the molecule is CC[C@@H](C)NC(=O)[C@@H](Cc1ccccc1)N(Cc1cccc(Cl)c1)C(=O)CN(c1cc(Cl)ccc1C)S(C)(=O)=O. The van der Waals surface area contributed by atoms with Gasteiger partial charge in [-0.25, -0.2) is 8.42 Å². The molecule has 0 aliphatic rings. The van der Waals surface area contributed by atoms with Gasteiger partial charge in [0, 0.05) is 29.1 Å². The lowest BCUT2D eigenvalue weighted by atomic mass is 10.0. The Hall–Kier alpha value is -3.07. The second-order valence-electron chi connectivity index (χ2n) is 9.88. The molecular formula is C30H35Cl2N3O4S. The number of carbonyl (C=O) groups is 2. The van der Waals surface area contributed by atoms with E-state index in [1.165, 1.54) is 11.0 Å². The number of nitrogens with zero attached hydrogens (tertiary/aromatic N) is 2. The van der Waals surface area contributed by atoms with Crippen LogP contribution in [-0.2, 0) is 32.6 Å². The number of amides is 2. The Morgan fingerprint density at radius 1 is 0.925 bits per heavy atom. The number of nitrogens with one attached hydrogen (secondary N) is 1. The molecular weight excluding hydrogens is 569 g/mol. The number of hydrogen-bond donors (Lipinski definition) is 1. The van der Waals surface area contributed by atoms with Gasteiger partial charge in [0.1, 0.15) is 12.6 Å². The summed E-state index contributed by atoms with van der Waals surface area (Å²) in [6.07, 6.45) is 1.99. The normalized spacial score (nSPS) is 12.8. The first-order valence-corrected chi connectivity index (χ1v) is 15.6. The minimum atomic E-state index is -3.89. The van der Waals surface area contributed by atoms with Gasteiger partial charge in [0.05, 0.1) is 11.9 Å². The topological polar surface area (TPSA) is 86.8 Å². The van der Waals surface area contributed by atoms with E-state index >= 15 is 0 Å². The Balaban J connectivity index is 2.09. The Morgan fingerprint density at radius 3 is 2.20 bits per heavy atom. The van der Waals surface area contributed by atoms with Crippen molar-refractivity contribution in [2.24, 2.45) is 0 Å². The summed E-state index contributed by atoms with van der Waals surface area (Å²) in [4.78, 5) is 29.3. The predicted molar refractivity (Wildman–Crippen MR) is 162 cm³/mol. The second kappa shape index (κ2) is 14.0. The maximum absolute atomic E-state index is 14.1. The van der Waals surface area contributed by atoms with Crippen molar-refractivity contribution in [3.63, 3.8) is 0 Å². The molecule has 0 bridgehead atoms. The molecule has 0 fully saturated rings. The summed E-state index contributed by atoms with van der Waals surface area (Å²) in [5.74, 6) is -0.858. The summed E-state index contributed by atoms with van der Waals surface area (Å²) in [6.45, 7) is 5.15. The molecule has 0 unspecified atom stereocenters. The maximum Gasteiger partial charge on any atom is 0.244 e. The molecule has 3 aromatic carbocycles. The molecule has 10 heteroatoms. The highest BCUT2D eigenvalue weighted by Gasteiger charge is 2.33. The van der Waals surface area contributed by atoms with Crippen LogP contribution in [0.5, 0.6) is 0 Å². The Labute approximate surface area is 247 Å². The maximum atomic E-state index is 14.1. The quantitative estimate of drug-likeness (QED) is 0.291. The highest BCUT2D eigenvalue weighted by Crippen LogP contribution is 2.27. The lowest BCUT2D eigenvalue weighted by molar-refractivity contribution is -0.140. The minimum absolute atomic E-state index is 0.0525. The number of hydrogen-bond acceptors (Lipinski definition) is 4. The van der Waals surface area contributed by atoms with Crippen LogP contribution in [-0.4, -0.2) is 50.0 Å². The molecule has 0 heterocycles. The van der Waals surface area contributed by atoms with E-state index in [9.17, 15) is 18.0 Å².